The van der Waals surface area contributed by atoms with Gasteiger partial charge in [0.1, 0.15) is 5.52 Å². The Morgan fingerprint density at radius 1 is 1.21 bits per heavy atom. The molecule has 19 heavy (non-hydrogen) atoms. The van der Waals surface area contributed by atoms with E-state index in [4.69, 9.17) is 20.9 Å². The highest BCUT2D eigenvalue weighted by Gasteiger charge is 2.13. The third-order valence-electron chi connectivity index (χ3n) is 2.88. The number of hydrogen-bond acceptors (Lipinski definition) is 4. The zero-order chi connectivity index (χ0) is 13.4. The summed E-state index contributed by atoms with van der Waals surface area (Å²) in [5.41, 5.74) is 1.49. The van der Waals surface area contributed by atoms with E-state index in [0.29, 0.717) is 16.5 Å². The number of benzene rings is 2. The number of aromatic hydroxyl groups is 1. The van der Waals surface area contributed by atoms with E-state index in [1.54, 1.807) is 36.4 Å². The molecule has 1 aromatic heterocycles. The maximum absolute atomic E-state index is 9.60. The van der Waals surface area contributed by atoms with E-state index in [-0.39, 0.29) is 5.75 Å². The lowest BCUT2D eigenvalue weighted by Crippen LogP contribution is -1.84. The second kappa shape index (κ2) is 4.48. The largest absolute Gasteiger partial charge is 0.504 e. The van der Waals surface area contributed by atoms with Gasteiger partial charge in [0.05, 0.1) is 12.5 Å². The summed E-state index contributed by atoms with van der Waals surface area (Å²) in [5.74, 6) is 1.05. The monoisotopic (exact) mass is 275 g/mol. The molecule has 0 spiro atoms. The van der Waals surface area contributed by atoms with Gasteiger partial charge in [0, 0.05) is 10.6 Å². The van der Waals surface area contributed by atoms with Crippen molar-refractivity contribution in [2.75, 3.05) is 7.11 Å². The molecular weight excluding hydrogens is 266 g/mol. The van der Waals surface area contributed by atoms with E-state index >= 15 is 0 Å². The first-order chi connectivity index (χ1) is 9.19. The molecule has 0 aliphatic heterocycles. The Morgan fingerprint density at radius 2 is 2.05 bits per heavy atom. The van der Waals surface area contributed by atoms with Gasteiger partial charge in [-0.15, -0.1) is 0 Å². The molecule has 0 bridgehead atoms. The van der Waals surface area contributed by atoms with Crippen molar-refractivity contribution < 1.29 is 14.4 Å². The van der Waals surface area contributed by atoms with Crippen LogP contribution in [0.25, 0.3) is 22.2 Å². The molecule has 0 aliphatic rings. The standard InChI is InChI=1S/C14H10ClNO3/c1-18-13-6-8(2-5-12(13)17)14-10-7-9(15)3-4-11(10)16-19-14/h2-7,17H,1H3. The Kier molecular flexibility index (Phi) is 2.80. The van der Waals surface area contributed by atoms with Crippen molar-refractivity contribution >= 4 is 22.5 Å². The summed E-state index contributed by atoms with van der Waals surface area (Å²) in [6.07, 6.45) is 0. The summed E-state index contributed by atoms with van der Waals surface area (Å²) in [7, 11) is 1.49. The summed E-state index contributed by atoms with van der Waals surface area (Å²) in [4.78, 5) is 0. The van der Waals surface area contributed by atoms with Crippen LogP contribution < -0.4 is 4.74 Å². The van der Waals surface area contributed by atoms with Crippen LogP contribution in [0.15, 0.2) is 40.9 Å². The predicted molar refractivity (Wildman–Crippen MR) is 72.7 cm³/mol. The van der Waals surface area contributed by atoms with Gasteiger partial charge in [0.15, 0.2) is 17.3 Å². The fourth-order valence-electron chi connectivity index (χ4n) is 1.94. The van der Waals surface area contributed by atoms with Gasteiger partial charge in [-0.3, -0.25) is 0 Å². The van der Waals surface area contributed by atoms with Gasteiger partial charge in [0.25, 0.3) is 0 Å². The van der Waals surface area contributed by atoms with Crippen molar-refractivity contribution in [1.29, 1.82) is 0 Å². The van der Waals surface area contributed by atoms with Gasteiger partial charge in [-0.1, -0.05) is 16.8 Å². The number of phenolic OH excluding ortho intramolecular Hbond substituents is 1. The van der Waals surface area contributed by atoms with E-state index in [2.05, 4.69) is 5.16 Å². The molecule has 0 fully saturated rings. The molecule has 0 unspecified atom stereocenters. The third-order valence-corrected chi connectivity index (χ3v) is 3.12. The molecule has 1 N–H and O–H groups in total. The number of halogens is 1. The van der Waals surface area contributed by atoms with Crippen molar-refractivity contribution in [3.63, 3.8) is 0 Å². The minimum Gasteiger partial charge on any atom is -0.504 e. The van der Waals surface area contributed by atoms with Gasteiger partial charge < -0.3 is 14.4 Å². The van der Waals surface area contributed by atoms with E-state index in [0.717, 1.165) is 16.5 Å². The smallest absolute Gasteiger partial charge is 0.174 e. The van der Waals surface area contributed by atoms with Gasteiger partial charge in [-0.05, 0) is 36.4 Å². The number of hydrogen-bond donors (Lipinski definition) is 1. The van der Waals surface area contributed by atoms with Crippen LogP contribution in [0.4, 0.5) is 0 Å². The van der Waals surface area contributed by atoms with Gasteiger partial charge in [0.2, 0.25) is 0 Å². The van der Waals surface area contributed by atoms with E-state index < -0.39 is 0 Å². The molecule has 0 atom stereocenters. The number of nitrogens with zero attached hydrogens (tertiary/aromatic N) is 1. The zero-order valence-corrected chi connectivity index (χ0v) is 10.8. The second-order valence-electron chi connectivity index (χ2n) is 4.06. The quantitative estimate of drug-likeness (QED) is 0.771. The van der Waals surface area contributed by atoms with Crippen molar-refractivity contribution in [2.45, 2.75) is 0 Å². The molecule has 0 amide bonds. The zero-order valence-electron chi connectivity index (χ0n) is 10.1. The van der Waals surface area contributed by atoms with E-state index in [1.165, 1.54) is 7.11 Å². The summed E-state index contributed by atoms with van der Waals surface area (Å²) in [6.45, 7) is 0. The fraction of sp³-hybridized carbons (Fsp3) is 0.0714. The lowest BCUT2D eigenvalue weighted by Gasteiger charge is -2.04. The second-order valence-corrected chi connectivity index (χ2v) is 4.50. The van der Waals surface area contributed by atoms with Gasteiger partial charge >= 0.3 is 0 Å². The SMILES string of the molecule is COc1cc(-c2onc3ccc(Cl)cc23)ccc1O. The van der Waals surface area contributed by atoms with Crippen molar-refractivity contribution in [3.05, 3.63) is 41.4 Å². The number of aromatic nitrogens is 1. The summed E-state index contributed by atoms with van der Waals surface area (Å²) >= 11 is 5.98. The molecule has 0 saturated heterocycles. The van der Waals surface area contributed by atoms with Crippen molar-refractivity contribution in [1.82, 2.24) is 5.16 Å². The lowest BCUT2D eigenvalue weighted by atomic mass is 10.1. The average Bonchev–Trinajstić information content (AvgIpc) is 2.82. The Morgan fingerprint density at radius 3 is 2.84 bits per heavy atom. The van der Waals surface area contributed by atoms with E-state index in [1.807, 2.05) is 0 Å². The predicted octanol–water partition coefficient (Wildman–Crippen LogP) is 3.86. The Bertz CT molecular complexity index is 752. The first-order valence-corrected chi connectivity index (χ1v) is 5.99. The highest BCUT2D eigenvalue weighted by molar-refractivity contribution is 6.31. The highest BCUT2D eigenvalue weighted by atomic mass is 35.5. The first kappa shape index (κ1) is 11.9. The molecule has 1 heterocycles. The maximum atomic E-state index is 9.60. The molecule has 3 rings (SSSR count). The van der Waals surface area contributed by atoms with Crippen LogP contribution in [0.2, 0.25) is 5.02 Å². The van der Waals surface area contributed by atoms with Crippen LogP contribution in [-0.2, 0) is 0 Å². The number of rotatable bonds is 2. The Labute approximate surface area is 114 Å². The Hall–Kier alpha value is -2.20. The number of methoxy groups -OCH3 is 1. The lowest BCUT2D eigenvalue weighted by molar-refractivity contribution is 0.373. The van der Waals surface area contributed by atoms with Gasteiger partial charge in [-0.25, -0.2) is 0 Å². The van der Waals surface area contributed by atoms with Gasteiger partial charge in [-0.2, -0.15) is 0 Å². The highest BCUT2D eigenvalue weighted by Crippen LogP contribution is 2.35. The van der Waals surface area contributed by atoms with E-state index in [9.17, 15) is 5.11 Å². The van der Waals surface area contributed by atoms with Crippen LogP contribution in [0.5, 0.6) is 11.5 Å². The summed E-state index contributed by atoms with van der Waals surface area (Å²) < 4.78 is 10.4. The summed E-state index contributed by atoms with van der Waals surface area (Å²) in [6, 6.07) is 10.3. The fourth-order valence-corrected chi connectivity index (χ4v) is 2.11. The molecule has 0 aliphatic carbocycles. The molecule has 5 heteroatoms. The van der Waals surface area contributed by atoms with Crippen LogP contribution in [-0.4, -0.2) is 17.4 Å². The normalized spacial score (nSPS) is 10.8. The molecule has 2 aromatic carbocycles. The van der Waals surface area contributed by atoms with Crippen molar-refractivity contribution in [2.24, 2.45) is 0 Å². The van der Waals surface area contributed by atoms with Crippen LogP contribution in [0.1, 0.15) is 0 Å². The molecule has 0 saturated carbocycles. The van der Waals surface area contributed by atoms with Crippen molar-refractivity contribution in [3.8, 4) is 22.8 Å². The van der Waals surface area contributed by atoms with Crippen LogP contribution in [0.3, 0.4) is 0 Å². The topological polar surface area (TPSA) is 55.5 Å². The number of fused-ring (bicyclic) bond motifs is 1. The van der Waals surface area contributed by atoms with Crippen LogP contribution in [0, 0.1) is 0 Å². The molecule has 96 valence electrons. The molecule has 4 nitrogen and oxygen atoms in total. The summed E-state index contributed by atoms with van der Waals surface area (Å²) in [5, 5.41) is 15.0. The molecule has 0 radical (unpaired) electrons. The Balaban J connectivity index is 2.21. The third kappa shape index (κ3) is 2.00. The number of ether oxygens (including phenoxy) is 1. The average molecular weight is 276 g/mol. The number of phenols is 1. The minimum absolute atomic E-state index is 0.0769. The maximum Gasteiger partial charge on any atom is 0.174 e. The molecule has 3 aromatic rings. The first-order valence-electron chi connectivity index (χ1n) is 5.61. The minimum atomic E-state index is 0.0769. The molecular formula is C14H10ClNO3. The van der Waals surface area contributed by atoms with Crippen LogP contribution >= 0.6 is 11.6 Å².